The molecule has 0 aliphatic heterocycles. The molecule has 0 aromatic carbocycles. The number of alkyl halides is 9. The van der Waals surface area contributed by atoms with Crippen LogP contribution in [0.25, 0.3) is 0 Å². The summed E-state index contributed by atoms with van der Waals surface area (Å²) >= 11 is 0. The zero-order chi connectivity index (χ0) is 16.9. The lowest BCUT2D eigenvalue weighted by Gasteiger charge is -2.33. The third kappa shape index (κ3) is 4.54. The van der Waals surface area contributed by atoms with Gasteiger partial charge in [-0.15, -0.1) is 0 Å². The molecule has 21 heavy (non-hydrogen) atoms. The predicted molar refractivity (Wildman–Crippen MR) is 58.8 cm³/mol. The van der Waals surface area contributed by atoms with E-state index in [4.69, 9.17) is 0 Å². The van der Waals surface area contributed by atoms with E-state index in [1.807, 2.05) is 6.92 Å². The van der Waals surface area contributed by atoms with E-state index in [9.17, 15) is 39.5 Å². The lowest BCUT2D eigenvalue weighted by atomic mass is 10.0. The van der Waals surface area contributed by atoms with Crippen LogP contribution in [0.5, 0.6) is 0 Å². The lowest BCUT2D eigenvalue weighted by Crippen LogP contribution is -2.60. The van der Waals surface area contributed by atoms with Crippen molar-refractivity contribution in [2.45, 2.75) is 63.0 Å². The van der Waals surface area contributed by atoms with Gasteiger partial charge in [0.2, 0.25) is 0 Å². The van der Waals surface area contributed by atoms with Gasteiger partial charge in [0.25, 0.3) is 0 Å². The number of allylic oxidation sites excluding steroid dienone is 2. The number of hydrogen-bond donors (Lipinski definition) is 0. The Kier molecular flexibility index (Phi) is 6.62. The van der Waals surface area contributed by atoms with Crippen LogP contribution >= 0.6 is 0 Å². The van der Waals surface area contributed by atoms with Crippen LogP contribution in [-0.4, -0.2) is 23.9 Å². The van der Waals surface area contributed by atoms with E-state index in [0.29, 0.717) is 12.5 Å². The summed E-state index contributed by atoms with van der Waals surface area (Å²) in [7, 11) is 0. The quantitative estimate of drug-likeness (QED) is 0.292. The van der Waals surface area contributed by atoms with Crippen molar-refractivity contribution < 1.29 is 39.5 Å². The second-order valence-electron chi connectivity index (χ2n) is 4.52. The second-order valence-corrected chi connectivity index (χ2v) is 4.52. The molecule has 9 heteroatoms. The first kappa shape index (κ1) is 20.1. The molecule has 0 bridgehead atoms. The Morgan fingerprint density at radius 1 is 0.714 bits per heavy atom. The summed E-state index contributed by atoms with van der Waals surface area (Å²) < 4.78 is 112. The van der Waals surface area contributed by atoms with Crippen LogP contribution in [0.1, 0.15) is 39.0 Å². The summed E-state index contributed by atoms with van der Waals surface area (Å²) in [4.78, 5) is 0. The molecule has 0 saturated carbocycles. The topological polar surface area (TPSA) is 0 Å². The zero-order valence-corrected chi connectivity index (χ0v) is 11.1. The van der Waals surface area contributed by atoms with E-state index in [1.54, 1.807) is 0 Å². The van der Waals surface area contributed by atoms with E-state index in [1.165, 1.54) is 0 Å². The maximum atomic E-state index is 13.0. The molecule has 0 amide bonds. The molecule has 0 N–H and O–H groups in total. The Morgan fingerprint density at radius 2 is 1.24 bits per heavy atom. The van der Waals surface area contributed by atoms with Crippen molar-refractivity contribution in [2.24, 2.45) is 0 Å². The number of rotatable bonds is 8. The summed E-state index contributed by atoms with van der Waals surface area (Å²) in [6.45, 7) is 1.86. The Morgan fingerprint density at radius 3 is 1.67 bits per heavy atom. The Balaban J connectivity index is 4.89. The van der Waals surface area contributed by atoms with E-state index in [2.05, 4.69) is 0 Å². The number of hydrogen-bond acceptors (Lipinski definition) is 0. The molecule has 0 spiro atoms. The Bertz CT molecular complexity index is 341. The van der Waals surface area contributed by atoms with Gasteiger partial charge in [-0.05, 0) is 12.8 Å². The normalized spacial score (nSPS) is 15.0. The molecule has 0 aliphatic rings. The molecule has 0 radical (unpaired) electrons. The van der Waals surface area contributed by atoms with Crippen LogP contribution in [0.4, 0.5) is 39.5 Å². The summed E-state index contributed by atoms with van der Waals surface area (Å²) in [6, 6.07) is 0. The van der Waals surface area contributed by atoms with Gasteiger partial charge in [-0.25, -0.2) is 0 Å². The van der Waals surface area contributed by atoms with E-state index < -0.39 is 30.4 Å². The van der Waals surface area contributed by atoms with Gasteiger partial charge in [-0.3, -0.25) is 0 Å². The van der Waals surface area contributed by atoms with Gasteiger partial charge in [-0.2, -0.15) is 39.5 Å². The number of halogens is 9. The van der Waals surface area contributed by atoms with Crippen molar-refractivity contribution in [1.82, 2.24) is 0 Å². The summed E-state index contributed by atoms with van der Waals surface area (Å²) in [6.07, 6.45) is -4.69. The average molecular weight is 330 g/mol. The molecule has 0 fully saturated rings. The molecule has 0 nitrogen and oxygen atoms in total. The SMILES string of the molecule is CCCCC/C=C\CC(F)(F)C(F)(F)C(F)(F)C(F)(F)F. The fourth-order valence-electron chi connectivity index (χ4n) is 1.40. The molecule has 126 valence electrons. The highest BCUT2D eigenvalue weighted by Crippen LogP contribution is 2.54. The summed E-state index contributed by atoms with van der Waals surface area (Å²) in [5.41, 5.74) is 0. The van der Waals surface area contributed by atoms with E-state index >= 15 is 0 Å². The first-order valence-electron chi connectivity index (χ1n) is 6.16. The largest absolute Gasteiger partial charge is 0.460 e. The highest BCUT2D eigenvalue weighted by atomic mass is 19.4. The van der Waals surface area contributed by atoms with Gasteiger partial charge >= 0.3 is 23.9 Å². The van der Waals surface area contributed by atoms with Crippen LogP contribution < -0.4 is 0 Å². The third-order valence-electron chi connectivity index (χ3n) is 2.72. The van der Waals surface area contributed by atoms with Crippen LogP contribution in [0, 0.1) is 0 Å². The zero-order valence-electron chi connectivity index (χ0n) is 11.1. The lowest BCUT2D eigenvalue weighted by molar-refractivity contribution is -0.395. The minimum atomic E-state index is -6.81. The van der Waals surface area contributed by atoms with Crippen molar-refractivity contribution in [3.05, 3.63) is 12.2 Å². The monoisotopic (exact) mass is 330 g/mol. The molecule has 0 heterocycles. The van der Waals surface area contributed by atoms with Crippen LogP contribution in [-0.2, 0) is 0 Å². The van der Waals surface area contributed by atoms with Gasteiger partial charge < -0.3 is 0 Å². The third-order valence-corrected chi connectivity index (χ3v) is 2.72. The average Bonchev–Trinajstić information content (AvgIpc) is 2.31. The first-order valence-corrected chi connectivity index (χ1v) is 6.16. The van der Waals surface area contributed by atoms with Crippen molar-refractivity contribution in [1.29, 1.82) is 0 Å². The molecule has 0 saturated heterocycles. The minimum Gasteiger partial charge on any atom is -0.199 e. The van der Waals surface area contributed by atoms with Crippen LogP contribution in [0.3, 0.4) is 0 Å². The standard InChI is InChI=1S/C12H15F9/c1-2-3-4-5-6-7-8-9(13,14)10(15,16)11(17,18)12(19,20)21/h6-7H,2-5,8H2,1H3/b7-6-. The van der Waals surface area contributed by atoms with Crippen molar-refractivity contribution in [3.63, 3.8) is 0 Å². The van der Waals surface area contributed by atoms with Gasteiger partial charge in [0, 0.05) is 6.42 Å². The molecule has 0 unspecified atom stereocenters. The molecular formula is C12H15F9. The molecule has 0 aliphatic carbocycles. The molecular weight excluding hydrogens is 315 g/mol. The first-order chi connectivity index (χ1) is 9.31. The molecule has 0 rings (SSSR count). The van der Waals surface area contributed by atoms with Crippen molar-refractivity contribution >= 4 is 0 Å². The fourth-order valence-corrected chi connectivity index (χ4v) is 1.40. The predicted octanol–water partition coefficient (Wildman–Crippen LogP) is 5.98. The van der Waals surface area contributed by atoms with E-state index in [-0.39, 0.29) is 6.42 Å². The Labute approximate surface area is 116 Å². The summed E-state index contributed by atoms with van der Waals surface area (Å²) in [5, 5.41) is 0. The summed E-state index contributed by atoms with van der Waals surface area (Å²) in [5.74, 6) is -18.8. The molecule has 0 atom stereocenters. The van der Waals surface area contributed by atoms with Gasteiger partial charge in [-0.1, -0.05) is 31.9 Å². The smallest absolute Gasteiger partial charge is 0.199 e. The van der Waals surface area contributed by atoms with Gasteiger partial charge in [0.05, 0.1) is 0 Å². The van der Waals surface area contributed by atoms with Crippen LogP contribution in [0.2, 0.25) is 0 Å². The molecule has 0 aromatic heterocycles. The minimum absolute atomic E-state index is 0.255. The number of unbranched alkanes of at least 4 members (excludes halogenated alkanes) is 3. The molecule has 0 aromatic rings. The van der Waals surface area contributed by atoms with Crippen molar-refractivity contribution in [3.8, 4) is 0 Å². The highest BCUT2D eigenvalue weighted by molar-refractivity contribution is 5.03. The fraction of sp³-hybridized carbons (Fsp3) is 0.833. The Hall–Kier alpha value is -0.890. The maximum absolute atomic E-state index is 13.0. The van der Waals surface area contributed by atoms with Crippen LogP contribution in [0.15, 0.2) is 12.2 Å². The van der Waals surface area contributed by atoms with E-state index in [0.717, 1.165) is 18.9 Å². The van der Waals surface area contributed by atoms with Gasteiger partial charge in [0.1, 0.15) is 0 Å². The maximum Gasteiger partial charge on any atom is 0.460 e. The highest BCUT2D eigenvalue weighted by Gasteiger charge is 2.81. The van der Waals surface area contributed by atoms with Crippen molar-refractivity contribution in [2.75, 3.05) is 0 Å². The van der Waals surface area contributed by atoms with Gasteiger partial charge in [0.15, 0.2) is 0 Å². The second kappa shape index (κ2) is 6.91.